The fraction of sp³-hybridized carbons (Fsp3) is 0.280. The van der Waals surface area contributed by atoms with Crippen LogP contribution >= 0.6 is 0 Å². The molecule has 1 fully saturated rings. The molecule has 2 heterocycles. The first kappa shape index (κ1) is 18.7. The molecular weight excluding hydrogens is 378 g/mol. The molecule has 2 aliphatic rings. The number of piperidine rings is 1. The zero-order chi connectivity index (χ0) is 20.6. The summed E-state index contributed by atoms with van der Waals surface area (Å²) in [6, 6.07) is 21.3. The molecule has 1 saturated heterocycles. The molecule has 5 heteroatoms. The van der Waals surface area contributed by atoms with E-state index in [0.29, 0.717) is 49.4 Å². The number of hydrogen-bond donors (Lipinski definition) is 0. The summed E-state index contributed by atoms with van der Waals surface area (Å²) >= 11 is 0. The second-order valence-electron chi connectivity index (χ2n) is 8.06. The molecule has 3 aromatic carbocycles. The number of hydrogen-bond acceptors (Lipinski definition) is 4. The van der Waals surface area contributed by atoms with E-state index in [1.807, 2.05) is 66.7 Å². The van der Waals surface area contributed by atoms with Gasteiger partial charge in [-0.3, -0.25) is 9.59 Å². The molecule has 0 aliphatic carbocycles. The average Bonchev–Trinajstić information content (AvgIpc) is 2.78. The first-order valence-electron chi connectivity index (χ1n) is 10.3. The minimum Gasteiger partial charge on any atom is -0.486 e. The van der Waals surface area contributed by atoms with Crippen molar-refractivity contribution < 1.29 is 19.1 Å². The number of ether oxygens (including phenoxy) is 2. The summed E-state index contributed by atoms with van der Waals surface area (Å²) < 4.78 is 12.0. The van der Waals surface area contributed by atoms with Crippen LogP contribution in [0.3, 0.4) is 0 Å². The Bertz CT molecular complexity index is 1110. The summed E-state index contributed by atoms with van der Waals surface area (Å²) in [6.45, 7) is 1.14. The maximum Gasteiger partial charge on any atom is 0.260 e. The highest BCUT2D eigenvalue weighted by Gasteiger charge is 2.43. The third-order valence-electron chi connectivity index (χ3n) is 6.11. The van der Waals surface area contributed by atoms with Gasteiger partial charge in [0, 0.05) is 25.9 Å². The van der Waals surface area contributed by atoms with E-state index < -0.39 is 5.60 Å². The van der Waals surface area contributed by atoms with Crippen LogP contribution in [0, 0.1) is 0 Å². The molecule has 3 aromatic rings. The van der Waals surface area contributed by atoms with Gasteiger partial charge < -0.3 is 14.4 Å². The number of Topliss-reactive ketones (excluding diaryl/α,β-unsaturated/α-hetero) is 1. The Morgan fingerprint density at radius 3 is 2.53 bits per heavy atom. The van der Waals surface area contributed by atoms with E-state index in [9.17, 15) is 9.59 Å². The van der Waals surface area contributed by atoms with E-state index in [2.05, 4.69) is 0 Å². The van der Waals surface area contributed by atoms with Crippen LogP contribution in [0.2, 0.25) is 0 Å². The van der Waals surface area contributed by atoms with E-state index in [1.54, 1.807) is 4.90 Å². The van der Waals surface area contributed by atoms with Crippen LogP contribution in [-0.2, 0) is 4.79 Å². The number of likely N-dealkylation sites (tertiary alicyclic amines) is 1. The maximum atomic E-state index is 12.7. The number of amides is 1. The Kier molecular flexibility index (Phi) is 4.66. The summed E-state index contributed by atoms with van der Waals surface area (Å²) in [5.41, 5.74) is 0.159. The van der Waals surface area contributed by atoms with E-state index in [0.717, 1.165) is 10.8 Å². The molecule has 30 heavy (non-hydrogen) atoms. The molecule has 0 radical (unpaired) electrons. The van der Waals surface area contributed by atoms with Crippen molar-refractivity contribution in [3.8, 4) is 11.5 Å². The molecule has 0 unspecified atom stereocenters. The number of carbonyl (C=O) groups excluding carboxylic acids is 2. The van der Waals surface area contributed by atoms with Gasteiger partial charge in [-0.2, -0.15) is 0 Å². The van der Waals surface area contributed by atoms with Gasteiger partial charge in [0.05, 0.1) is 12.0 Å². The Hall–Kier alpha value is -3.34. The smallest absolute Gasteiger partial charge is 0.260 e. The summed E-state index contributed by atoms with van der Waals surface area (Å²) in [6.07, 6.45) is 1.67. The molecule has 0 atom stereocenters. The van der Waals surface area contributed by atoms with Crippen LogP contribution in [0.5, 0.6) is 11.5 Å². The minimum absolute atomic E-state index is 0.00790. The average molecular weight is 401 g/mol. The van der Waals surface area contributed by atoms with E-state index >= 15 is 0 Å². The quantitative estimate of drug-likeness (QED) is 0.659. The predicted molar refractivity (Wildman–Crippen MR) is 114 cm³/mol. The van der Waals surface area contributed by atoms with E-state index in [-0.39, 0.29) is 18.3 Å². The van der Waals surface area contributed by atoms with Crippen molar-refractivity contribution in [1.82, 2.24) is 4.90 Å². The molecule has 0 N–H and O–H groups in total. The lowest BCUT2D eigenvalue weighted by molar-refractivity contribution is -0.136. The number of carbonyl (C=O) groups is 2. The highest BCUT2D eigenvalue weighted by atomic mass is 16.5. The van der Waals surface area contributed by atoms with Crippen LogP contribution in [0.25, 0.3) is 10.8 Å². The normalized spacial score (nSPS) is 17.5. The third-order valence-corrected chi connectivity index (χ3v) is 6.11. The van der Waals surface area contributed by atoms with Gasteiger partial charge in [0.2, 0.25) is 0 Å². The van der Waals surface area contributed by atoms with Crippen molar-refractivity contribution in [1.29, 1.82) is 0 Å². The summed E-state index contributed by atoms with van der Waals surface area (Å²) in [5.74, 6) is 1.43. The number of ketones is 1. The van der Waals surface area contributed by atoms with Crippen LogP contribution in [0.15, 0.2) is 66.7 Å². The van der Waals surface area contributed by atoms with Crippen molar-refractivity contribution in [2.75, 3.05) is 19.7 Å². The van der Waals surface area contributed by atoms with Gasteiger partial charge in [0.25, 0.3) is 5.91 Å². The molecule has 5 rings (SSSR count). The topological polar surface area (TPSA) is 55.8 Å². The van der Waals surface area contributed by atoms with Crippen LogP contribution < -0.4 is 9.47 Å². The first-order chi connectivity index (χ1) is 14.6. The first-order valence-corrected chi connectivity index (χ1v) is 10.3. The summed E-state index contributed by atoms with van der Waals surface area (Å²) in [5, 5.41) is 2.22. The maximum absolute atomic E-state index is 12.7. The lowest BCUT2D eigenvalue weighted by Gasteiger charge is -2.43. The number of nitrogens with zero attached hydrogens (tertiary/aromatic N) is 1. The van der Waals surface area contributed by atoms with Crippen molar-refractivity contribution in [2.45, 2.75) is 24.9 Å². The Morgan fingerprint density at radius 2 is 1.70 bits per heavy atom. The second-order valence-corrected chi connectivity index (χ2v) is 8.06. The van der Waals surface area contributed by atoms with Crippen LogP contribution in [0.1, 0.15) is 29.6 Å². The van der Waals surface area contributed by atoms with Gasteiger partial charge >= 0.3 is 0 Å². The summed E-state index contributed by atoms with van der Waals surface area (Å²) in [7, 11) is 0. The molecule has 5 nitrogen and oxygen atoms in total. The number of benzene rings is 3. The number of fused-ring (bicyclic) bond motifs is 2. The van der Waals surface area contributed by atoms with Crippen molar-refractivity contribution in [2.24, 2.45) is 0 Å². The van der Waals surface area contributed by atoms with Gasteiger partial charge in [-0.1, -0.05) is 42.5 Å². The fourth-order valence-corrected chi connectivity index (χ4v) is 4.38. The molecule has 0 bridgehead atoms. The Morgan fingerprint density at radius 1 is 0.967 bits per heavy atom. The molecule has 2 aliphatic heterocycles. The fourth-order valence-electron chi connectivity index (χ4n) is 4.38. The number of rotatable bonds is 3. The van der Waals surface area contributed by atoms with E-state index in [1.165, 1.54) is 0 Å². The molecule has 1 amide bonds. The molecule has 1 spiro atoms. The lowest BCUT2D eigenvalue weighted by atomic mass is 9.82. The van der Waals surface area contributed by atoms with E-state index in [4.69, 9.17) is 9.47 Å². The van der Waals surface area contributed by atoms with Crippen LogP contribution in [-0.4, -0.2) is 41.9 Å². The predicted octanol–water partition coefficient (Wildman–Crippen LogP) is 4.25. The standard InChI is InChI=1S/C25H23NO4/c27-22-16-25(30-23-8-4-3-7-21(22)23)11-13-26(14-12-25)24(28)17-29-20-10-9-18-5-1-2-6-19(18)15-20/h1-10,15H,11-14,16-17H2. The zero-order valence-electron chi connectivity index (χ0n) is 16.7. The van der Waals surface area contributed by atoms with Gasteiger partial charge in [0.15, 0.2) is 12.4 Å². The molecule has 152 valence electrons. The summed E-state index contributed by atoms with van der Waals surface area (Å²) in [4.78, 5) is 27.0. The monoisotopic (exact) mass is 401 g/mol. The Balaban J connectivity index is 1.19. The van der Waals surface area contributed by atoms with Gasteiger partial charge in [0.1, 0.15) is 17.1 Å². The zero-order valence-corrected chi connectivity index (χ0v) is 16.7. The highest BCUT2D eigenvalue weighted by molar-refractivity contribution is 6.00. The van der Waals surface area contributed by atoms with Crippen LogP contribution in [0.4, 0.5) is 0 Å². The lowest BCUT2D eigenvalue weighted by Crippen LogP contribution is -2.53. The largest absolute Gasteiger partial charge is 0.486 e. The molecule has 0 saturated carbocycles. The Labute approximate surface area is 175 Å². The molecule has 0 aromatic heterocycles. The second kappa shape index (κ2) is 7.48. The van der Waals surface area contributed by atoms with Crippen molar-refractivity contribution in [3.63, 3.8) is 0 Å². The third kappa shape index (κ3) is 3.52. The minimum atomic E-state index is -0.499. The SMILES string of the molecule is O=C1CC2(CCN(C(=O)COc3ccc4ccccc4c3)CC2)Oc2ccccc21. The van der Waals surface area contributed by atoms with Crippen molar-refractivity contribution in [3.05, 3.63) is 72.3 Å². The van der Waals surface area contributed by atoms with Gasteiger partial charge in [-0.15, -0.1) is 0 Å². The number of para-hydroxylation sites is 1. The van der Waals surface area contributed by atoms with Gasteiger partial charge in [-0.25, -0.2) is 0 Å². The highest BCUT2D eigenvalue weighted by Crippen LogP contribution is 2.39. The van der Waals surface area contributed by atoms with Gasteiger partial charge in [-0.05, 0) is 35.0 Å². The molecular formula is C25H23NO4. The van der Waals surface area contributed by atoms with Crippen molar-refractivity contribution >= 4 is 22.5 Å².